The summed E-state index contributed by atoms with van der Waals surface area (Å²) >= 11 is 2.20. The van der Waals surface area contributed by atoms with Crippen LogP contribution in [0.3, 0.4) is 0 Å². The molecule has 1 fully saturated rings. The Morgan fingerprint density at radius 1 is 1.23 bits per heavy atom. The van der Waals surface area contributed by atoms with Gasteiger partial charge in [0.2, 0.25) is 0 Å². The summed E-state index contributed by atoms with van der Waals surface area (Å²) in [5, 5.41) is 5.50. The third-order valence-corrected chi connectivity index (χ3v) is 3.32. The predicted octanol–water partition coefficient (Wildman–Crippen LogP) is 1.17. The molecule has 0 aromatic carbocycles. The lowest BCUT2D eigenvalue weighted by Gasteiger charge is -2.27. The average Bonchev–Trinajstić information content (AvgIpc) is 2.19. The van der Waals surface area contributed by atoms with E-state index in [1.165, 1.54) is 0 Å². The molecule has 0 aliphatic heterocycles. The molecule has 4 nitrogen and oxygen atoms in total. The van der Waals surface area contributed by atoms with Crippen LogP contribution in [0.25, 0.3) is 0 Å². The Balaban J connectivity index is 2.21. The van der Waals surface area contributed by atoms with Gasteiger partial charge >= 0.3 is 6.03 Å². The smallest absolute Gasteiger partial charge is 0.314 e. The zero-order valence-electron chi connectivity index (χ0n) is 7.77. The summed E-state index contributed by atoms with van der Waals surface area (Å²) in [4.78, 5) is 11.0. The number of amides is 2. The van der Waals surface area contributed by atoms with Crippen LogP contribution in [0.1, 0.15) is 25.7 Å². The molecular weight excluding hydrogens is 281 g/mol. The number of hydrogen-bond acceptors (Lipinski definition) is 2. The Labute approximate surface area is 92.7 Å². The van der Waals surface area contributed by atoms with Crippen molar-refractivity contribution in [2.24, 2.45) is 0 Å². The monoisotopic (exact) mass is 297 g/mol. The van der Waals surface area contributed by atoms with Gasteiger partial charge in [0.05, 0.1) is 0 Å². The van der Waals surface area contributed by atoms with E-state index in [-0.39, 0.29) is 6.03 Å². The molecule has 3 N–H and O–H groups in total. The van der Waals surface area contributed by atoms with Gasteiger partial charge in [0, 0.05) is 42.0 Å². The van der Waals surface area contributed by atoms with E-state index < -0.39 is 0 Å². The van der Waals surface area contributed by atoms with Gasteiger partial charge in [-0.3, -0.25) is 3.53 Å². The molecule has 0 atom stereocenters. The van der Waals surface area contributed by atoms with Crippen LogP contribution < -0.4 is 14.2 Å². The van der Waals surface area contributed by atoms with E-state index in [0.717, 1.165) is 25.7 Å². The van der Waals surface area contributed by atoms with E-state index in [1.807, 2.05) is 0 Å². The number of rotatable bonds is 2. The SMILES string of the molecule is CNC(=O)N[C@H]1CC[C@H](NI)CC1. The standard InChI is InChI=1S/C8H16IN3O/c1-10-8(13)11-6-2-4-7(12-9)5-3-6/h6-7,12H,2-5H2,1H3,(H2,10,11,13)/t6-,7-. The fraction of sp³-hybridized carbons (Fsp3) is 0.875. The topological polar surface area (TPSA) is 53.2 Å². The van der Waals surface area contributed by atoms with E-state index in [4.69, 9.17) is 0 Å². The number of nitrogens with one attached hydrogen (secondary N) is 3. The quantitative estimate of drug-likeness (QED) is 0.529. The summed E-state index contributed by atoms with van der Waals surface area (Å²) in [5.74, 6) is 0. The summed E-state index contributed by atoms with van der Waals surface area (Å²) in [5.41, 5.74) is 0. The van der Waals surface area contributed by atoms with Gasteiger partial charge in [0.25, 0.3) is 0 Å². The largest absolute Gasteiger partial charge is 0.341 e. The first-order chi connectivity index (χ1) is 6.26. The maximum atomic E-state index is 11.0. The molecule has 0 spiro atoms. The van der Waals surface area contributed by atoms with Crippen LogP contribution in [-0.4, -0.2) is 25.2 Å². The molecule has 13 heavy (non-hydrogen) atoms. The first kappa shape index (κ1) is 11.0. The summed E-state index contributed by atoms with van der Waals surface area (Å²) in [6, 6.07) is 0.926. The molecule has 0 aromatic rings. The van der Waals surface area contributed by atoms with Crippen molar-refractivity contribution in [3.05, 3.63) is 0 Å². The average molecular weight is 297 g/mol. The van der Waals surface area contributed by atoms with Gasteiger partial charge in [-0.15, -0.1) is 0 Å². The molecule has 0 radical (unpaired) electrons. The molecule has 0 saturated heterocycles. The van der Waals surface area contributed by atoms with E-state index in [9.17, 15) is 4.79 Å². The Morgan fingerprint density at radius 2 is 1.77 bits per heavy atom. The zero-order chi connectivity index (χ0) is 9.68. The predicted molar refractivity (Wildman–Crippen MR) is 60.8 cm³/mol. The molecule has 0 bridgehead atoms. The highest BCUT2D eigenvalue weighted by Gasteiger charge is 2.20. The van der Waals surface area contributed by atoms with Crippen molar-refractivity contribution in [2.45, 2.75) is 37.8 Å². The van der Waals surface area contributed by atoms with Gasteiger partial charge < -0.3 is 10.6 Å². The number of hydrogen-bond donors (Lipinski definition) is 3. The molecule has 0 unspecified atom stereocenters. The van der Waals surface area contributed by atoms with Crippen molar-refractivity contribution < 1.29 is 4.79 Å². The number of urea groups is 1. The molecule has 1 saturated carbocycles. The highest BCUT2D eigenvalue weighted by atomic mass is 127. The van der Waals surface area contributed by atoms with E-state index in [1.54, 1.807) is 7.05 Å². The fourth-order valence-corrected chi connectivity index (χ4v) is 2.23. The Morgan fingerprint density at radius 3 is 2.23 bits per heavy atom. The van der Waals surface area contributed by atoms with E-state index in [2.05, 4.69) is 37.0 Å². The Hall–Kier alpha value is -0.0400. The van der Waals surface area contributed by atoms with Crippen molar-refractivity contribution >= 4 is 28.9 Å². The van der Waals surface area contributed by atoms with Crippen LogP contribution in [0.15, 0.2) is 0 Å². The highest BCUT2D eigenvalue weighted by molar-refractivity contribution is 14.1. The van der Waals surface area contributed by atoms with Crippen molar-refractivity contribution in [2.75, 3.05) is 7.05 Å². The first-order valence-electron chi connectivity index (χ1n) is 4.60. The van der Waals surface area contributed by atoms with Crippen molar-refractivity contribution in [3.63, 3.8) is 0 Å². The third kappa shape index (κ3) is 3.68. The van der Waals surface area contributed by atoms with Gasteiger partial charge in [-0.1, -0.05) is 0 Å². The van der Waals surface area contributed by atoms with Gasteiger partial charge in [0.1, 0.15) is 0 Å². The van der Waals surface area contributed by atoms with Gasteiger partial charge in [0.15, 0.2) is 0 Å². The summed E-state index contributed by atoms with van der Waals surface area (Å²) < 4.78 is 3.23. The minimum absolute atomic E-state index is 0.0640. The van der Waals surface area contributed by atoms with Crippen molar-refractivity contribution in [1.29, 1.82) is 0 Å². The minimum Gasteiger partial charge on any atom is -0.341 e. The van der Waals surface area contributed by atoms with Crippen molar-refractivity contribution in [3.8, 4) is 0 Å². The summed E-state index contributed by atoms with van der Waals surface area (Å²) in [6.07, 6.45) is 4.46. The van der Waals surface area contributed by atoms with Gasteiger partial charge in [-0.2, -0.15) is 0 Å². The maximum Gasteiger partial charge on any atom is 0.314 e. The second-order valence-corrected chi connectivity index (χ2v) is 4.00. The first-order valence-corrected chi connectivity index (χ1v) is 5.68. The second kappa shape index (κ2) is 5.64. The lowest BCUT2D eigenvalue weighted by Crippen LogP contribution is -2.43. The molecule has 0 aromatic heterocycles. The van der Waals surface area contributed by atoms with Crippen LogP contribution in [-0.2, 0) is 0 Å². The summed E-state index contributed by atoms with van der Waals surface area (Å²) in [6.45, 7) is 0. The van der Waals surface area contributed by atoms with Crippen molar-refractivity contribution in [1.82, 2.24) is 14.2 Å². The van der Waals surface area contributed by atoms with Crippen LogP contribution in [0.5, 0.6) is 0 Å². The zero-order valence-corrected chi connectivity index (χ0v) is 9.93. The Bertz CT molecular complexity index is 169. The van der Waals surface area contributed by atoms with E-state index >= 15 is 0 Å². The lowest BCUT2D eigenvalue weighted by molar-refractivity contribution is 0.233. The number of carbonyl (C=O) groups excluding carboxylic acids is 1. The fourth-order valence-electron chi connectivity index (χ4n) is 1.60. The molecule has 2 amide bonds. The molecule has 0 heterocycles. The molecule has 76 valence electrons. The number of halogens is 1. The van der Waals surface area contributed by atoms with Crippen LogP contribution in [0.4, 0.5) is 4.79 Å². The highest BCUT2D eigenvalue weighted by Crippen LogP contribution is 2.19. The summed E-state index contributed by atoms with van der Waals surface area (Å²) in [7, 11) is 1.65. The molecule has 1 aliphatic carbocycles. The molecule has 5 heteroatoms. The van der Waals surface area contributed by atoms with Gasteiger partial charge in [-0.05, 0) is 25.7 Å². The molecule has 1 rings (SSSR count). The number of carbonyl (C=O) groups is 1. The minimum atomic E-state index is -0.0640. The van der Waals surface area contributed by atoms with E-state index in [0.29, 0.717) is 12.1 Å². The Kier molecular flexibility index (Phi) is 4.79. The lowest BCUT2D eigenvalue weighted by atomic mass is 9.92. The van der Waals surface area contributed by atoms with Crippen LogP contribution >= 0.6 is 22.9 Å². The second-order valence-electron chi connectivity index (χ2n) is 3.38. The van der Waals surface area contributed by atoms with Crippen LogP contribution in [0, 0.1) is 0 Å². The van der Waals surface area contributed by atoms with Crippen LogP contribution in [0.2, 0.25) is 0 Å². The maximum absolute atomic E-state index is 11.0. The third-order valence-electron chi connectivity index (χ3n) is 2.44. The molecular formula is C8H16IN3O. The molecule has 1 aliphatic rings. The normalized spacial score (nSPS) is 28.2. The van der Waals surface area contributed by atoms with Gasteiger partial charge in [-0.25, -0.2) is 4.79 Å².